The summed E-state index contributed by atoms with van der Waals surface area (Å²) in [6.07, 6.45) is 0. The van der Waals surface area contributed by atoms with Gasteiger partial charge in [0.05, 0.1) is 41.1 Å². The normalized spacial score (nSPS) is 20.2. The average molecular weight is 677 g/mol. The van der Waals surface area contributed by atoms with Crippen LogP contribution in [0.2, 0.25) is 0 Å². The highest BCUT2D eigenvalue weighted by Gasteiger charge is 2.21. The Labute approximate surface area is 336 Å². The van der Waals surface area contributed by atoms with Crippen molar-refractivity contribution in [3.05, 3.63) is 181 Å². The van der Waals surface area contributed by atoms with Gasteiger partial charge >= 0.3 is 0 Å². The lowest BCUT2D eigenvalue weighted by atomic mass is 9.82. The van der Waals surface area contributed by atoms with Crippen molar-refractivity contribution in [3.8, 4) is 33.4 Å². The van der Waals surface area contributed by atoms with E-state index in [0.29, 0.717) is 0 Å². The van der Waals surface area contributed by atoms with Gasteiger partial charge in [0.15, 0.2) is 0 Å². The largest absolute Gasteiger partial charge is 0.456 e. The van der Waals surface area contributed by atoms with Crippen LogP contribution in [0, 0.1) is 0 Å². The summed E-state index contributed by atoms with van der Waals surface area (Å²) in [6, 6.07) is -28.9. The Hall–Kier alpha value is -6.70. The maximum Gasteiger partial charge on any atom is 0.136 e. The number of hydrogen-bond acceptors (Lipinski definition) is 1. The van der Waals surface area contributed by atoms with Gasteiger partial charge in [-0.3, -0.25) is 0 Å². The standard InChI is InChI=1S/C50H30O/c1-3-17-35-31(12-1)14-9-24-38(35)48-39-19-5-7-21-41(39)49(42-22-8-6-20-40(42)48)44-25-11-16-33-15-10-23-37(47(33)44)34-26-28-43-46(30-34)51-45-29-27-32-13-2-4-18-36(32)50(43)45/h1-30H/i1D,2D,3D,4D,5D,6D,7D,8D,9D,10D,11D,12D,13D,14D,15D,16D,17D,18D,19D,20D,21D,22D,23D,24D,25D,26D,27D,28D,29D,30D. The molecule has 1 nitrogen and oxygen atoms in total. The molecule has 0 fully saturated rings. The predicted molar refractivity (Wildman–Crippen MR) is 218 cm³/mol. The molecule has 1 heteroatoms. The molecule has 0 N–H and O–H groups in total. The van der Waals surface area contributed by atoms with E-state index in [4.69, 9.17) is 27.7 Å². The number of benzene rings is 10. The lowest BCUT2D eigenvalue weighted by Crippen LogP contribution is -1.93. The van der Waals surface area contributed by atoms with Crippen LogP contribution in [0.25, 0.3) is 109 Å². The van der Waals surface area contributed by atoms with Gasteiger partial charge in [-0.1, -0.05) is 163 Å². The summed E-state index contributed by atoms with van der Waals surface area (Å²) in [5, 5.41) is -8.01. The monoisotopic (exact) mass is 676 g/mol. The first-order valence-electron chi connectivity index (χ1n) is 30.2. The maximum absolute atomic E-state index is 9.79. The van der Waals surface area contributed by atoms with Crippen LogP contribution in [0.1, 0.15) is 41.1 Å². The Balaban J connectivity index is 1.46. The van der Waals surface area contributed by atoms with Crippen LogP contribution in [0.15, 0.2) is 186 Å². The summed E-state index contributed by atoms with van der Waals surface area (Å²) in [4.78, 5) is 0. The second-order valence-electron chi connectivity index (χ2n) is 11.3. The molecule has 10 aromatic carbocycles. The minimum Gasteiger partial charge on any atom is -0.456 e. The highest BCUT2D eigenvalue weighted by Crippen LogP contribution is 2.48. The average Bonchev–Trinajstić information content (AvgIpc) is 3.36. The second kappa shape index (κ2) is 10.9. The summed E-state index contributed by atoms with van der Waals surface area (Å²) in [5.41, 5.74) is -6.25. The Morgan fingerprint density at radius 1 is 0.314 bits per heavy atom. The van der Waals surface area contributed by atoms with Crippen molar-refractivity contribution in [2.24, 2.45) is 0 Å². The van der Waals surface area contributed by atoms with E-state index in [0.717, 1.165) is 0 Å². The van der Waals surface area contributed by atoms with Gasteiger partial charge in [-0.05, 0) is 105 Å². The van der Waals surface area contributed by atoms with Crippen molar-refractivity contribution in [2.45, 2.75) is 0 Å². The van der Waals surface area contributed by atoms with Crippen LogP contribution < -0.4 is 0 Å². The second-order valence-corrected chi connectivity index (χ2v) is 11.3. The molecule has 1 heterocycles. The Morgan fingerprint density at radius 3 is 1.51 bits per heavy atom. The zero-order valence-electron chi connectivity index (χ0n) is 55.4. The van der Waals surface area contributed by atoms with Crippen LogP contribution >= 0.6 is 0 Å². The van der Waals surface area contributed by atoms with Gasteiger partial charge in [0.2, 0.25) is 0 Å². The molecule has 0 aliphatic heterocycles. The molecule has 236 valence electrons. The van der Waals surface area contributed by atoms with Gasteiger partial charge in [0.25, 0.3) is 0 Å². The third-order valence-corrected chi connectivity index (χ3v) is 8.64. The van der Waals surface area contributed by atoms with Crippen LogP contribution in [0.4, 0.5) is 0 Å². The molecule has 0 bridgehead atoms. The first-order valence-corrected chi connectivity index (χ1v) is 15.2. The molecule has 51 heavy (non-hydrogen) atoms. The summed E-state index contributed by atoms with van der Waals surface area (Å²) >= 11 is 0. The molecule has 11 aromatic rings. The molecule has 0 atom stereocenters. The summed E-state index contributed by atoms with van der Waals surface area (Å²) in [6.45, 7) is 0. The first kappa shape index (κ1) is 11.7. The number of fused-ring (bicyclic) bond motifs is 9. The first-order chi connectivity index (χ1) is 37.8. The fourth-order valence-electron chi connectivity index (χ4n) is 6.54. The summed E-state index contributed by atoms with van der Waals surface area (Å²) in [7, 11) is 0. The van der Waals surface area contributed by atoms with Crippen LogP contribution in [0.5, 0.6) is 0 Å². The van der Waals surface area contributed by atoms with E-state index in [9.17, 15) is 17.8 Å². The molecule has 1 aromatic heterocycles. The van der Waals surface area contributed by atoms with E-state index in [-0.39, 0.29) is 5.39 Å². The van der Waals surface area contributed by atoms with Gasteiger partial charge in [-0.2, -0.15) is 0 Å². The lowest BCUT2D eigenvalue weighted by molar-refractivity contribution is 0.669. The predicted octanol–water partition coefficient (Wildman–Crippen LogP) is 14.4. The SMILES string of the molecule is [2H]c1c([2H])c([2H])c2c(-c3c4c([2H])c([2H])c([2H])c([2H])c4c(-c4c([2H])c([2H])c([2H])c5c([2H])c([2H])c([2H])c(-c6c([2H])c([2H])c7c(oc8c([2H])c([2H])c9c([2H])c([2H])c([2H])c([2H])c9c87)c6[2H])c45)c4c([2H])c([2H])c([2H])c([2H])c34)c([2H])c([2H])c([2H])c2c1[2H]. The fraction of sp³-hybridized carbons (Fsp3) is 0. The minimum atomic E-state index is -1.12. The molecule has 0 aliphatic carbocycles. The Kier molecular flexibility index (Phi) is 2.50. The zero-order chi connectivity index (χ0) is 59.6. The van der Waals surface area contributed by atoms with Crippen molar-refractivity contribution < 1.29 is 45.5 Å². The highest BCUT2D eigenvalue weighted by atomic mass is 16.3. The third kappa shape index (κ3) is 4.16. The lowest BCUT2D eigenvalue weighted by Gasteiger charge is -2.20. The van der Waals surface area contributed by atoms with E-state index in [1.54, 1.807) is 0 Å². The number of rotatable bonds is 3. The fourth-order valence-corrected chi connectivity index (χ4v) is 6.54. The molecular formula is C50H30O. The van der Waals surface area contributed by atoms with Crippen LogP contribution in [0.3, 0.4) is 0 Å². The van der Waals surface area contributed by atoms with Crippen LogP contribution in [-0.2, 0) is 0 Å². The van der Waals surface area contributed by atoms with Gasteiger partial charge in [-0.15, -0.1) is 0 Å². The molecular weight excluding hydrogens is 617 g/mol. The molecule has 0 saturated carbocycles. The van der Waals surface area contributed by atoms with Gasteiger partial charge in [-0.25, -0.2) is 0 Å². The third-order valence-electron chi connectivity index (χ3n) is 8.64. The molecule has 11 rings (SSSR count). The topological polar surface area (TPSA) is 13.1 Å². The van der Waals surface area contributed by atoms with E-state index in [1.807, 2.05) is 0 Å². The smallest absolute Gasteiger partial charge is 0.136 e. The van der Waals surface area contributed by atoms with E-state index >= 15 is 0 Å². The highest BCUT2D eigenvalue weighted by molar-refractivity contribution is 6.26. The van der Waals surface area contributed by atoms with Crippen molar-refractivity contribution >= 4 is 75.8 Å². The Morgan fingerprint density at radius 2 is 0.824 bits per heavy atom. The van der Waals surface area contributed by atoms with Crippen molar-refractivity contribution in [1.82, 2.24) is 0 Å². The van der Waals surface area contributed by atoms with E-state index in [2.05, 4.69) is 0 Å². The van der Waals surface area contributed by atoms with Crippen molar-refractivity contribution in [1.29, 1.82) is 0 Å². The summed E-state index contributed by atoms with van der Waals surface area (Å²) < 4.78 is 280. The molecule has 0 radical (unpaired) electrons. The molecule has 0 amide bonds. The van der Waals surface area contributed by atoms with Crippen molar-refractivity contribution in [2.75, 3.05) is 0 Å². The Bertz CT molecular complexity index is 4830. The summed E-state index contributed by atoms with van der Waals surface area (Å²) in [5.74, 6) is 0. The van der Waals surface area contributed by atoms with Gasteiger partial charge < -0.3 is 4.42 Å². The molecule has 0 saturated heterocycles. The maximum atomic E-state index is 9.79. The number of furan rings is 1. The minimum absolute atomic E-state index is 0.387. The molecule has 0 unspecified atom stereocenters. The van der Waals surface area contributed by atoms with Crippen molar-refractivity contribution in [3.63, 3.8) is 0 Å². The van der Waals surface area contributed by atoms with Crippen LogP contribution in [-0.4, -0.2) is 0 Å². The quantitative estimate of drug-likeness (QED) is 0.170. The van der Waals surface area contributed by atoms with Gasteiger partial charge in [0.1, 0.15) is 11.2 Å². The zero-order valence-corrected chi connectivity index (χ0v) is 25.4. The van der Waals surface area contributed by atoms with Gasteiger partial charge in [0, 0.05) is 10.8 Å². The molecule has 0 aliphatic rings. The van der Waals surface area contributed by atoms with E-state index in [1.165, 1.54) is 0 Å². The number of hydrogen-bond donors (Lipinski definition) is 0. The molecule has 0 spiro atoms. The van der Waals surface area contributed by atoms with E-state index < -0.39 is 285 Å².